The van der Waals surface area contributed by atoms with Crippen LogP contribution in [-0.2, 0) is 0 Å². The van der Waals surface area contributed by atoms with Crippen LogP contribution in [0.5, 0.6) is 0 Å². The molecule has 30 rings (SSSR count). The number of benzene rings is 21. The second-order valence-electron chi connectivity index (χ2n) is 37.2. The third kappa shape index (κ3) is 16.6. The van der Waals surface area contributed by atoms with Crippen LogP contribution in [-0.4, -0.2) is 44.9 Å². The molecule has 0 unspecified atom stereocenters. The molecule has 0 aliphatic rings. The molecule has 0 saturated heterocycles. The van der Waals surface area contributed by atoms with E-state index in [1.807, 2.05) is 252 Å². The average molecular weight is 1990 g/mol. The number of hydrogen-bond donors (Lipinski definition) is 0. The number of hydrogen-bond acceptors (Lipinski definition) is 15. The van der Waals surface area contributed by atoms with E-state index >= 15 is 0 Å². The lowest BCUT2D eigenvalue weighted by molar-refractivity contribution is 0.669. The molecule has 30 aromatic rings. The highest BCUT2D eigenvalue weighted by atomic mass is 32.1. The lowest BCUT2D eigenvalue weighted by Crippen LogP contribution is -2.00. The van der Waals surface area contributed by atoms with E-state index in [1.165, 1.54) is 114 Å². The zero-order valence-corrected chi connectivity index (χ0v) is 83.5. The van der Waals surface area contributed by atoms with Gasteiger partial charge in [0.2, 0.25) is 0 Å². The van der Waals surface area contributed by atoms with Crippen molar-refractivity contribution >= 4 is 170 Å². The fraction of sp³-hybridized carbons (Fsp3) is 0. The summed E-state index contributed by atoms with van der Waals surface area (Å²) >= 11 is 7.38. The van der Waals surface area contributed by atoms with E-state index < -0.39 is 0 Å². The molecule has 0 saturated carbocycles. The van der Waals surface area contributed by atoms with Crippen LogP contribution in [0.2, 0.25) is 0 Å². The SMILES string of the molecule is c1ccc(-c2nc(-c3ccccc3)nc(-c3cccc(-c4ccc5c(c4)sc4ccc(-c6cccc7sc8ccccc8c67)cc45)c3)n2)cc1.c1ccc(-c2nc(-c3ccccc3)nc(-c3cccc(-c4ccc5c(c4)sc4cccc(-c6ccc7oc8ccccc8c7c6)c45)c3)n2)cc1.c1ccc(-c2nc(-c3ccccc3)nc(-c3cccc(-c4ccc5c(c4)sc4cccc(-c6cccc7c6oc6ccccc67)c45)c3)n2)cc1. The Morgan fingerprint density at radius 3 is 0.827 bits per heavy atom. The van der Waals surface area contributed by atoms with Crippen molar-refractivity contribution in [3.8, 4) is 169 Å². The second kappa shape index (κ2) is 37.9. The van der Waals surface area contributed by atoms with Gasteiger partial charge in [0.25, 0.3) is 0 Å². The first kappa shape index (κ1) is 88.8. The summed E-state index contributed by atoms with van der Waals surface area (Å²) in [6, 6.07) is 172. The molecule has 150 heavy (non-hydrogen) atoms. The Kier molecular flexibility index (Phi) is 22.5. The van der Waals surface area contributed by atoms with E-state index in [0.29, 0.717) is 52.4 Å². The van der Waals surface area contributed by atoms with E-state index in [1.54, 1.807) is 0 Å². The molecule has 0 aliphatic heterocycles. The summed E-state index contributed by atoms with van der Waals surface area (Å²) in [5, 5.41) is 14.9. The summed E-state index contributed by atoms with van der Waals surface area (Å²) in [4.78, 5) is 44.3. The van der Waals surface area contributed by atoms with Crippen LogP contribution in [0.4, 0.5) is 0 Å². The van der Waals surface area contributed by atoms with Crippen LogP contribution < -0.4 is 0 Å². The predicted molar refractivity (Wildman–Crippen MR) is 627 cm³/mol. The molecule has 9 heterocycles. The van der Waals surface area contributed by atoms with Gasteiger partial charge in [-0.2, -0.15) is 0 Å². The number of thiophene rings is 4. The highest BCUT2D eigenvalue weighted by Crippen LogP contribution is 2.50. The first-order chi connectivity index (χ1) is 74.3. The smallest absolute Gasteiger partial charge is 0.164 e. The highest BCUT2D eigenvalue weighted by Gasteiger charge is 2.25. The predicted octanol–water partition coefficient (Wildman–Crippen LogP) is 37.9. The van der Waals surface area contributed by atoms with Gasteiger partial charge in [-0.1, -0.05) is 394 Å². The minimum atomic E-state index is 0.645. The Morgan fingerprint density at radius 1 is 0.127 bits per heavy atom. The van der Waals surface area contributed by atoms with Crippen molar-refractivity contribution in [1.29, 1.82) is 0 Å². The summed E-state index contributed by atoms with van der Waals surface area (Å²) in [6.07, 6.45) is 0. The summed E-state index contributed by atoms with van der Waals surface area (Å²) in [5.74, 6) is 5.89. The van der Waals surface area contributed by atoms with Gasteiger partial charge in [-0.3, -0.25) is 0 Å². The van der Waals surface area contributed by atoms with Crippen molar-refractivity contribution in [2.75, 3.05) is 0 Å². The molecule has 9 aromatic heterocycles. The van der Waals surface area contributed by atoms with E-state index in [4.69, 9.17) is 53.7 Å². The zero-order chi connectivity index (χ0) is 99.1. The normalized spacial score (nSPS) is 11.6. The van der Waals surface area contributed by atoms with Gasteiger partial charge in [-0.25, -0.2) is 44.9 Å². The van der Waals surface area contributed by atoms with Crippen LogP contribution in [0.15, 0.2) is 500 Å². The van der Waals surface area contributed by atoms with Crippen LogP contribution in [0.1, 0.15) is 0 Å². The van der Waals surface area contributed by atoms with Crippen LogP contribution in [0, 0.1) is 0 Å². The van der Waals surface area contributed by atoms with Crippen molar-refractivity contribution in [1.82, 2.24) is 44.9 Å². The lowest BCUT2D eigenvalue weighted by Gasteiger charge is -2.10. The number of nitrogens with zero attached hydrogens (tertiary/aromatic N) is 9. The van der Waals surface area contributed by atoms with E-state index in [9.17, 15) is 0 Å². The fourth-order valence-corrected chi connectivity index (χ4v) is 25.4. The van der Waals surface area contributed by atoms with Gasteiger partial charge < -0.3 is 8.83 Å². The number of fused-ring (bicyclic) bond motifs is 18. The maximum Gasteiger partial charge on any atom is 0.164 e. The minimum absolute atomic E-state index is 0.645. The molecule has 0 aliphatic carbocycles. The average Bonchev–Trinajstić information content (AvgIpc) is 1.58. The van der Waals surface area contributed by atoms with Gasteiger partial charge in [0, 0.05) is 158 Å². The standard InChI is InChI=1S/2C45H27N3OS.C45H27N3S2/c1-3-12-28(13-4-1)43-46-44(29-14-5-2-6-15-29)48-45(47-43)32-17-9-16-30(26-32)31-24-25-37-40(27-31)50-39-23-11-19-34(41(37)39)36-21-10-20-35-33-18-7-8-22-38(33)49-42(35)36;1-3-11-28(12-4-1)43-46-44(29-13-5-2-6-14-29)48-45(47-43)33-16-9-15-30(25-33)31-21-23-36-41(27-31)50-40-20-10-18-34(42(36)40)32-22-24-39-37(26-32)35-17-7-8-19-38(35)49-39;1-3-11-28(12-4-1)43-46-44(29-13-5-2-6-14-29)48-45(47-43)33-16-9-15-30(25-33)31-21-23-35-37-26-32(22-24-39(37)50-41(35)27-31)34-18-10-20-40-42(34)36-17-7-8-19-38(36)49-40/h3*1-27H. The molecule has 702 valence electrons. The molecule has 0 fully saturated rings. The Morgan fingerprint density at radius 2 is 0.387 bits per heavy atom. The summed E-state index contributed by atoms with van der Waals surface area (Å²) in [5.41, 5.74) is 26.3. The quantitative estimate of drug-likeness (QED) is 0.0968. The number of rotatable bonds is 15. The van der Waals surface area contributed by atoms with Crippen LogP contribution in [0.25, 0.3) is 294 Å². The van der Waals surface area contributed by atoms with E-state index in [0.717, 1.165) is 127 Å². The van der Waals surface area contributed by atoms with Gasteiger partial charge in [0.05, 0.1) is 0 Å². The molecule has 15 heteroatoms. The van der Waals surface area contributed by atoms with Gasteiger partial charge in [0.1, 0.15) is 22.3 Å². The van der Waals surface area contributed by atoms with Crippen molar-refractivity contribution in [3.63, 3.8) is 0 Å². The molecule has 0 atom stereocenters. The first-order valence-electron chi connectivity index (χ1n) is 49.8. The van der Waals surface area contributed by atoms with Crippen molar-refractivity contribution in [2.24, 2.45) is 0 Å². The molecule has 11 nitrogen and oxygen atoms in total. The van der Waals surface area contributed by atoms with Crippen LogP contribution >= 0.6 is 45.3 Å². The van der Waals surface area contributed by atoms with Gasteiger partial charge in [0.15, 0.2) is 52.4 Å². The van der Waals surface area contributed by atoms with Crippen molar-refractivity contribution in [2.45, 2.75) is 0 Å². The first-order valence-corrected chi connectivity index (χ1v) is 53.1. The molecule has 0 bridgehead atoms. The molecular formula is C135H81N9O2S4. The topological polar surface area (TPSA) is 142 Å². The molecule has 21 aromatic carbocycles. The van der Waals surface area contributed by atoms with E-state index in [-0.39, 0.29) is 0 Å². The van der Waals surface area contributed by atoms with Crippen LogP contribution in [0.3, 0.4) is 0 Å². The Hall–Kier alpha value is -18.9. The maximum absolute atomic E-state index is 6.45. The Labute approximate surface area is 877 Å². The minimum Gasteiger partial charge on any atom is -0.456 e. The van der Waals surface area contributed by atoms with E-state index in [2.05, 4.69) is 285 Å². The third-order valence-electron chi connectivity index (χ3n) is 28.0. The third-order valence-corrected chi connectivity index (χ3v) is 32.5. The van der Waals surface area contributed by atoms with Gasteiger partial charge >= 0.3 is 0 Å². The monoisotopic (exact) mass is 1990 g/mol. The number of aromatic nitrogens is 9. The summed E-state index contributed by atoms with van der Waals surface area (Å²) < 4.78 is 22.8. The molecule has 0 N–H and O–H groups in total. The molecule has 0 amide bonds. The maximum atomic E-state index is 6.45. The summed E-state index contributed by atoms with van der Waals surface area (Å²) in [7, 11) is 0. The second-order valence-corrected chi connectivity index (χ2v) is 41.6. The fourth-order valence-electron chi connectivity index (χ4n) is 20.8. The summed E-state index contributed by atoms with van der Waals surface area (Å²) in [6.45, 7) is 0. The molecular weight excluding hydrogens is 1910 g/mol. The Balaban J connectivity index is 0.000000108. The molecule has 0 radical (unpaired) electrons. The largest absolute Gasteiger partial charge is 0.456 e. The molecule has 0 spiro atoms. The highest BCUT2D eigenvalue weighted by molar-refractivity contribution is 7.27. The zero-order valence-electron chi connectivity index (χ0n) is 80.2. The van der Waals surface area contributed by atoms with Gasteiger partial charge in [-0.15, -0.1) is 45.3 Å². The lowest BCUT2D eigenvalue weighted by atomic mass is 9.96. The number of furan rings is 2. The van der Waals surface area contributed by atoms with Gasteiger partial charge in [-0.05, 0) is 158 Å². The van der Waals surface area contributed by atoms with Crippen molar-refractivity contribution in [3.05, 3.63) is 491 Å². The Bertz CT molecular complexity index is 10300. The number of para-hydroxylation sites is 3. The van der Waals surface area contributed by atoms with Crippen molar-refractivity contribution < 1.29 is 8.83 Å².